The number of hydrogen-bond donors (Lipinski definition) is 4. The molecule has 1 aliphatic heterocycles. The summed E-state index contributed by atoms with van der Waals surface area (Å²) >= 11 is 0. The van der Waals surface area contributed by atoms with Crippen LogP contribution in [0.15, 0.2) is 60.9 Å². The number of hydrogen-bond acceptors (Lipinski definition) is 7. The standard InChI is InChI=1S/C22H24N6O/c23-20(15-8-10-18(11-9-15)29-17-6-2-1-3-7-17)19-21(24)26-14-27-22(19)28-16-5-4-12-25-13-16/h1-3,6-11,14,16,23,25H,4-5,12-13H2,(H3,24,26,27,28). The van der Waals surface area contributed by atoms with Crippen molar-refractivity contribution in [2.45, 2.75) is 18.9 Å². The van der Waals surface area contributed by atoms with Gasteiger partial charge in [0, 0.05) is 18.2 Å². The Hall–Kier alpha value is -3.45. The molecule has 0 radical (unpaired) electrons. The average Bonchev–Trinajstić information content (AvgIpc) is 2.75. The quantitative estimate of drug-likeness (QED) is 0.482. The molecule has 5 N–H and O–H groups in total. The molecule has 148 valence electrons. The summed E-state index contributed by atoms with van der Waals surface area (Å²) in [5.41, 5.74) is 7.65. The minimum atomic E-state index is 0.256. The van der Waals surface area contributed by atoms with Crippen molar-refractivity contribution in [1.82, 2.24) is 15.3 Å². The zero-order chi connectivity index (χ0) is 20.1. The van der Waals surface area contributed by atoms with Crippen LogP contribution in [0, 0.1) is 5.41 Å². The maximum Gasteiger partial charge on any atom is 0.141 e. The second-order valence-corrected chi connectivity index (χ2v) is 6.98. The van der Waals surface area contributed by atoms with Gasteiger partial charge in [0.1, 0.15) is 29.5 Å². The van der Waals surface area contributed by atoms with Crippen LogP contribution < -0.4 is 21.1 Å². The van der Waals surface area contributed by atoms with Crippen LogP contribution in [-0.2, 0) is 0 Å². The number of para-hydroxylation sites is 1. The summed E-state index contributed by atoms with van der Waals surface area (Å²) < 4.78 is 5.83. The van der Waals surface area contributed by atoms with Crippen LogP contribution in [-0.4, -0.2) is 34.8 Å². The Morgan fingerprint density at radius 1 is 1.07 bits per heavy atom. The molecule has 1 fully saturated rings. The van der Waals surface area contributed by atoms with Crippen molar-refractivity contribution in [2.75, 3.05) is 24.1 Å². The largest absolute Gasteiger partial charge is 0.457 e. The van der Waals surface area contributed by atoms with Crippen molar-refractivity contribution < 1.29 is 4.74 Å². The van der Waals surface area contributed by atoms with Crippen molar-refractivity contribution in [3.05, 3.63) is 72.1 Å². The minimum absolute atomic E-state index is 0.256. The van der Waals surface area contributed by atoms with Gasteiger partial charge in [-0.15, -0.1) is 0 Å². The molecule has 1 saturated heterocycles. The fraction of sp³-hybridized carbons (Fsp3) is 0.227. The van der Waals surface area contributed by atoms with E-state index >= 15 is 0 Å². The van der Waals surface area contributed by atoms with Gasteiger partial charge < -0.3 is 21.1 Å². The SMILES string of the molecule is N=C(c1ccc(Oc2ccccc2)cc1)c1c(N)ncnc1NC1CCCNC1. The number of piperidine rings is 1. The van der Waals surface area contributed by atoms with Gasteiger partial charge in [-0.1, -0.05) is 18.2 Å². The number of nitrogens with one attached hydrogen (secondary N) is 3. The lowest BCUT2D eigenvalue weighted by molar-refractivity contribution is 0.479. The van der Waals surface area contributed by atoms with Gasteiger partial charge in [-0.3, -0.25) is 5.41 Å². The lowest BCUT2D eigenvalue weighted by Gasteiger charge is -2.25. The molecule has 7 heteroatoms. The van der Waals surface area contributed by atoms with E-state index in [1.54, 1.807) is 0 Å². The average molecular weight is 388 g/mol. The van der Waals surface area contributed by atoms with E-state index in [1.807, 2.05) is 54.6 Å². The van der Waals surface area contributed by atoms with E-state index in [0.717, 1.165) is 37.2 Å². The molecule has 0 spiro atoms. The van der Waals surface area contributed by atoms with E-state index in [4.69, 9.17) is 15.9 Å². The van der Waals surface area contributed by atoms with Crippen LogP contribution in [0.1, 0.15) is 24.0 Å². The lowest BCUT2D eigenvalue weighted by atomic mass is 10.0. The van der Waals surface area contributed by atoms with E-state index < -0.39 is 0 Å². The highest BCUT2D eigenvalue weighted by atomic mass is 16.5. The number of benzene rings is 2. The maximum atomic E-state index is 8.70. The second kappa shape index (κ2) is 8.70. The van der Waals surface area contributed by atoms with Crippen LogP contribution in [0.5, 0.6) is 11.5 Å². The van der Waals surface area contributed by atoms with Gasteiger partial charge in [0.05, 0.1) is 11.3 Å². The summed E-state index contributed by atoms with van der Waals surface area (Å²) in [6, 6.07) is 17.2. The fourth-order valence-corrected chi connectivity index (χ4v) is 3.38. The zero-order valence-electron chi connectivity index (χ0n) is 16.1. The molecule has 1 aliphatic rings. The van der Waals surface area contributed by atoms with Crippen molar-refractivity contribution in [3.8, 4) is 11.5 Å². The molecular formula is C22H24N6O. The molecule has 1 unspecified atom stereocenters. The monoisotopic (exact) mass is 388 g/mol. The van der Waals surface area contributed by atoms with Gasteiger partial charge in [0.25, 0.3) is 0 Å². The Morgan fingerprint density at radius 2 is 1.83 bits per heavy atom. The number of aromatic nitrogens is 2. The molecule has 0 saturated carbocycles. The number of nitrogens with two attached hydrogens (primary N) is 1. The Balaban J connectivity index is 1.54. The molecule has 2 heterocycles. The third-order valence-corrected chi connectivity index (χ3v) is 4.89. The lowest BCUT2D eigenvalue weighted by Crippen LogP contribution is -2.39. The summed E-state index contributed by atoms with van der Waals surface area (Å²) in [6.07, 6.45) is 3.59. The van der Waals surface area contributed by atoms with Crippen LogP contribution in [0.25, 0.3) is 0 Å². The number of nitrogen functional groups attached to an aromatic ring is 1. The Morgan fingerprint density at radius 3 is 2.55 bits per heavy atom. The van der Waals surface area contributed by atoms with Gasteiger partial charge in [0.2, 0.25) is 0 Å². The number of anilines is 2. The summed E-state index contributed by atoms with van der Waals surface area (Å²) in [7, 11) is 0. The van der Waals surface area contributed by atoms with Crippen LogP contribution >= 0.6 is 0 Å². The second-order valence-electron chi connectivity index (χ2n) is 6.98. The molecule has 0 aliphatic carbocycles. The van der Waals surface area contributed by atoms with E-state index in [0.29, 0.717) is 22.9 Å². The Labute approximate surface area is 169 Å². The minimum Gasteiger partial charge on any atom is -0.457 e. The summed E-state index contributed by atoms with van der Waals surface area (Å²) in [5, 5.41) is 15.5. The van der Waals surface area contributed by atoms with E-state index in [1.165, 1.54) is 6.33 Å². The Kier molecular flexibility index (Phi) is 5.67. The van der Waals surface area contributed by atoms with Crippen molar-refractivity contribution >= 4 is 17.3 Å². The van der Waals surface area contributed by atoms with Gasteiger partial charge in [-0.05, 0) is 55.8 Å². The first-order chi connectivity index (χ1) is 14.2. The third-order valence-electron chi connectivity index (χ3n) is 4.89. The molecular weight excluding hydrogens is 364 g/mol. The van der Waals surface area contributed by atoms with E-state index in [-0.39, 0.29) is 11.8 Å². The van der Waals surface area contributed by atoms with Crippen molar-refractivity contribution in [1.29, 1.82) is 5.41 Å². The van der Waals surface area contributed by atoms with Crippen LogP contribution in [0.3, 0.4) is 0 Å². The Bertz CT molecular complexity index is 968. The fourth-order valence-electron chi connectivity index (χ4n) is 3.38. The first-order valence-corrected chi connectivity index (χ1v) is 9.70. The van der Waals surface area contributed by atoms with Gasteiger partial charge in [-0.2, -0.15) is 0 Å². The summed E-state index contributed by atoms with van der Waals surface area (Å²) in [4.78, 5) is 8.46. The van der Waals surface area contributed by atoms with Crippen molar-refractivity contribution in [3.63, 3.8) is 0 Å². The van der Waals surface area contributed by atoms with Crippen molar-refractivity contribution in [2.24, 2.45) is 0 Å². The number of nitrogens with zero attached hydrogens (tertiary/aromatic N) is 2. The molecule has 4 rings (SSSR count). The molecule has 1 aromatic heterocycles. The maximum absolute atomic E-state index is 8.70. The van der Waals surface area contributed by atoms with Gasteiger partial charge in [0.15, 0.2) is 0 Å². The zero-order valence-corrected chi connectivity index (χ0v) is 16.1. The highest BCUT2D eigenvalue weighted by molar-refractivity contribution is 6.16. The molecule has 2 aromatic carbocycles. The van der Waals surface area contributed by atoms with Crippen LogP contribution in [0.4, 0.5) is 11.6 Å². The molecule has 3 aromatic rings. The topological polar surface area (TPSA) is 109 Å². The number of ether oxygens (including phenoxy) is 1. The van der Waals surface area contributed by atoms with Gasteiger partial charge >= 0.3 is 0 Å². The third kappa shape index (κ3) is 4.52. The highest BCUT2D eigenvalue weighted by Gasteiger charge is 2.20. The summed E-state index contributed by atoms with van der Waals surface area (Å²) in [5.74, 6) is 2.36. The number of rotatable bonds is 6. The first-order valence-electron chi connectivity index (χ1n) is 9.70. The smallest absolute Gasteiger partial charge is 0.141 e. The summed E-state index contributed by atoms with van der Waals surface area (Å²) in [6.45, 7) is 1.90. The molecule has 0 amide bonds. The first kappa shape index (κ1) is 18.9. The molecule has 1 atom stereocenters. The predicted octanol–water partition coefficient (Wildman–Crippen LogP) is 3.43. The molecule has 0 bridgehead atoms. The van der Waals surface area contributed by atoms with E-state index in [9.17, 15) is 0 Å². The molecule has 7 nitrogen and oxygen atoms in total. The predicted molar refractivity (Wildman–Crippen MR) is 115 cm³/mol. The molecule has 29 heavy (non-hydrogen) atoms. The van der Waals surface area contributed by atoms with E-state index in [2.05, 4.69) is 20.6 Å². The normalized spacial score (nSPS) is 16.2. The van der Waals surface area contributed by atoms with Gasteiger partial charge in [-0.25, -0.2) is 9.97 Å². The van der Waals surface area contributed by atoms with Crippen LogP contribution in [0.2, 0.25) is 0 Å². The highest BCUT2D eigenvalue weighted by Crippen LogP contribution is 2.26.